The Morgan fingerprint density at radius 2 is 2.07 bits per heavy atom. The lowest BCUT2D eigenvalue weighted by molar-refractivity contribution is -0.140. The molecule has 0 amide bonds. The highest BCUT2D eigenvalue weighted by Gasteiger charge is 2.35. The van der Waals surface area contributed by atoms with Crippen LogP contribution in [0.5, 0.6) is 0 Å². The number of aryl methyl sites for hydroxylation is 1. The summed E-state index contributed by atoms with van der Waals surface area (Å²) in [5.74, 6) is -0.419. The summed E-state index contributed by atoms with van der Waals surface area (Å²) >= 11 is 6.86. The standard InChI is InChI=1S/C18H12ClF3N4O2S/c1-7-13(19)8(2)26(25-7)17(27)15-14(23)12-9(10-4-3-5-28-10)6-11(18(20,21)22)24-16(12)29-15/h3-6H,23H2,1-2H3. The molecule has 6 nitrogen and oxygen atoms in total. The molecule has 11 heteroatoms. The average molecular weight is 441 g/mol. The number of carbonyl (C=O) groups excluding carboxylic acids is 1. The van der Waals surface area contributed by atoms with Gasteiger partial charge in [-0.15, -0.1) is 11.3 Å². The average Bonchev–Trinajstić information content (AvgIpc) is 3.36. The number of halogens is 4. The summed E-state index contributed by atoms with van der Waals surface area (Å²) in [6.07, 6.45) is -3.34. The van der Waals surface area contributed by atoms with E-state index in [0.717, 1.165) is 22.1 Å². The molecular weight excluding hydrogens is 429 g/mol. The number of hydrogen-bond donors (Lipinski definition) is 1. The number of fused-ring (bicyclic) bond motifs is 1. The van der Waals surface area contributed by atoms with Crippen molar-refractivity contribution in [3.63, 3.8) is 0 Å². The van der Waals surface area contributed by atoms with Gasteiger partial charge >= 0.3 is 6.18 Å². The van der Waals surface area contributed by atoms with Gasteiger partial charge in [-0.2, -0.15) is 23.0 Å². The molecule has 0 aliphatic rings. The van der Waals surface area contributed by atoms with Crippen LogP contribution in [0.1, 0.15) is 26.8 Å². The van der Waals surface area contributed by atoms with E-state index in [0.29, 0.717) is 16.4 Å². The number of thiophene rings is 1. The van der Waals surface area contributed by atoms with Crippen molar-refractivity contribution < 1.29 is 22.4 Å². The van der Waals surface area contributed by atoms with Crippen LogP contribution in [0.2, 0.25) is 5.02 Å². The van der Waals surface area contributed by atoms with Crippen LogP contribution in [-0.2, 0) is 6.18 Å². The fourth-order valence-electron chi connectivity index (χ4n) is 2.97. The summed E-state index contributed by atoms with van der Waals surface area (Å²) in [7, 11) is 0. The first-order valence-corrected chi connectivity index (χ1v) is 9.39. The van der Waals surface area contributed by atoms with E-state index in [4.69, 9.17) is 21.8 Å². The van der Waals surface area contributed by atoms with Gasteiger partial charge in [-0.1, -0.05) is 11.6 Å². The van der Waals surface area contributed by atoms with Gasteiger partial charge < -0.3 is 10.2 Å². The maximum Gasteiger partial charge on any atom is 0.433 e. The second kappa shape index (κ2) is 6.60. The zero-order chi connectivity index (χ0) is 21.1. The van der Waals surface area contributed by atoms with Crippen LogP contribution in [0.25, 0.3) is 21.5 Å². The maximum atomic E-state index is 13.4. The van der Waals surface area contributed by atoms with E-state index in [1.165, 1.54) is 12.3 Å². The molecule has 150 valence electrons. The van der Waals surface area contributed by atoms with Crippen molar-refractivity contribution in [1.82, 2.24) is 14.8 Å². The van der Waals surface area contributed by atoms with Crippen LogP contribution >= 0.6 is 22.9 Å². The number of aromatic nitrogens is 3. The molecular formula is C18H12ClF3N4O2S. The number of hydrogen-bond acceptors (Lipinski definition) is 6. The zero-order valence-corrected chi connectivity index (χ0v) is 16.5. The molecule has 4 aromatic heterocycles. The Bertz CT molecular complexity index is 1260. The van der Waals surface area contributed by atoms with Gasteiger partial charge in [0.1, 0.15) is 21.2 Å². The third-order valence-electron chi connectivity index (χ3n) is 4.37. The smallest absolute Gasteiger partial charge is 0.433 e. The molecule has 0 fully saturated rings. The minimum Gasteiger partial charge on any atom is -0.464 e. The fraction of sp³-hybridized carbons (Fsp3) is 0.167. The number of rotatable bonds is 2. The zero-order valence-electron chi connectivity index (χ0n) is 15.0. The van der Waals surface area contributed by atoms with Gasteiger partial charge in [0.15, 0.2) is 0 Å². The van der Waals surface area contributed by atoms with E-state index in [1.54, 1.807) is 19.9 Å². The van der Waals surface area contributed by atoms with Gasteiger partial charge in [-0.05, 0) is 32.0 Å². The molecule has 0 atom stereocenters. The normalized spacial score (nSPS) is 12.1. The molecule has 4 rings (SSSR count). The molecule has 0 spiro atoms. The molecule has 0 unspecified atom stereocenters. The van der Waals surface area contributed by atoms with E-state index in [-0.39, 0.29) is 32.1 Å². The van der Waals surface area contributed by atoms with Gasteiger partial charge in [0.05, 0.1) is 28.4 Å². The Balaban J connectivity index is 1.98. The second-order valence-corrected chi connectivity index (χ2v) is 7.63. The number of nitrogens with two attached hydrogens (primary N) is 1. The Labute approximate surface area is 170 Å². The van der Waals surface area contributed by atoms with E-state index < -0.39 is 17.8 Å². The van der Waals surface area contributed by atoms with Crippen molar-refractivity contribution in [1.29, 1.82) is 0 Å². The third kappa shape index (κ3) is 3.08. The lowest BCUT2D eigenvalue weighted by Gasteiger charge is -2.08. The number of alkyl halides is 3. The largest absolute Gasteiger partial charge is 0.464 e. The lowest BCUT2D eigenvalue weighted by Crippen LogP contribution is -2.15. The number of carbonyl (C=O) groups is 1. The summed E-state index contributed by atoms with van der Waals surface area (Å²) in [4.78, 5) is 16.7. The van der Waals surface area contributed by atoms with Gasteiger partial charge in [-0.25, -0.2) is 4.98 Å². The summed E-state index contributed by atoms with van der Waals surface area (Å²) in [5, 5.41) is 4.64. The quantitative estimate of drug-likeness (QED) is 0.456. The maximum absolute atomic E-state index is 13.4. The molecule has 29 heavy (non-hydrogen) atoms. The van der Waals surface area contributed by atoms with Crippen molar-refractivity contribution in [2.45, 2.75) is 20.0 Å². The number of anilines is 1. The number of nitrogens with zero attached hydrogens (tertiary/aromatic N) is 3. The van der Waals surface area contributed by atoms with Crippen LogP contribution in [0, 0.1) is 13.8 Å². The topological polar surface area (TPSA) is 86.9 Å². The first-order chi connectivity index (χ1) is 13.6. The van der Waals surface area contributed by atoms with E-state index in [9.17, 15) is 18.0 Å². The molecule has 0 saturated carbocycles. The highest BCUT2D eigenvalue weighted by Crippen LogP contribution is 2.42. The molecule has 0 aliphatic heterocycles. The number of nitrogen functional groups attached to an aromatic ring is 1. The first kappa shape index (κ1) is 19.5. The van der Waals surface area contributed by atoms with Crippen LogP contribution in [-0.4, -0.2) is 20.7 Å². The van der Waals surface area contributed by atoms with Crippen LogP contribution in [0.4, 0.5) is 18.9 Å². The van der Waals surface area contributed by atoms with Crippen LogP contribution < -0.4 is 5.73 Å². The summed E-state index contributed by atoms with van der Waals surface area (Å²) in [5.41, 5.74) is 6.05. The molecule has 0 aromatic carbocycles. The molecule has 0 radical (unpaired) electrons. The van der Waals surface area contributed by atoms with Crippen molar-refractivity contribution >= 4 is 44.7 Å². The van der Waals surface area contributed by atoms with Crippen molar-refractivity contribution in [2.75, 3.05) is 5.73 Å². The monoisotopic (exact) mass is 440 g/mol. The first-order valence-electron chi connectivity index (χ1n) is 8.20. The minimum absolute atomic E-state index is 0.00583. The van der Waals surface area contributed by atoms with Gasteiger partial charge in [0.25, 0.3) is 5.91 Å². The Morgan fingerprint density at radius 3 is 2.62 bits per heavy atom. The Morgan fingerprint density at radius 1 is 1.34 bits per heavy atom. The summed E-state index contributed by atoms with van der Waals surface area (Å²) in [6.45, 7) is 3.25. The fourth-order valence-corrected chi connectivity index (χ4v) is 4.13. The van der Waals surface area contributed by atoms with Crippen LogP contribution in [0.3, 0.4) is 0 Å². The molecule has 2 N–H and O–H groups in total. The third-order valence-corrected chi connectivity index (χ3v) is 6.00. The van der Waals surface area contributed by atoms with Gasteiger partial charge in [0, 0.05) is 10.9 Å². The minimum atomic E-state index is -4.68. The predicted octanol–water partition coefficient (Wildman–Crippen LogP) is 5.31. The molecule has 0 saturated heterocycles. The summed E-state index contributed by atoms with van der Waals surface area (Å²) in [6, 6.07) is 3.91. The SMILES string of the molecule is Cc1nn(C(=O)c2sc3nc(C(F)(F)F)cc(-c4ccco4)c3c2N)c(C)c1Cl. The van der Waals surface area contributed by atoms with Crippen LogP contribution in [0.15, 0.2) is 28.9 Å². The molecule has 0 aliphatic carbocycles. The second-order valence-electron chi connectivity index (χ2n) is 6.26. The van der Waals surface area contributed by atoms with Crippen molar-refractivity contribution in [3.8, 4) is 11.3 Å². The number of furan rings is 1. The highest BCUT2D eigenvalue weighted by molar-refractivity contribution is 7.21. The summed E-state index contributed by atoms with van der Waals surface area (Å²) < 4.78 is 46.4. The Kier molecular flexibility index (Phi) is 4.43. The van der Waals surface area contributed by atoms with Crippen molar-refractivity contribution in [2.24, 2.45) is 0 Å². The molecule has 4 aromatic rings. The molecule has 4 heterocycles. The van der Waals surface area contributed by atoms with Gasteiger partial charge in [-0.3, -0.25) is 4.79 Å². The predicted molar refractivity (Wildman–Crippen MR) is 103 cm³/mol. The lowest BCUT2D eigenvalue weighted by atomic mass is 10.1. The molecule has 0 bridgehead atoms. The van der Waals surface area contributed by atoms with E-state index in [2.05, 4.69) is 10.1 Å². The van der Waals surface area contributed by atoms with E-state index in [1.807, 2.05) is 0 Å². The van der Waals surface area contributed by atoms with E-state index >= 15 is 0 Å². The van der Waals surface area contributed by atoms with Gasteiger partial charge in [0.2, 0.25) is 0 Å². The van der Waals surface area contributed by atoms with Crippen molar-refractivity contribution in [3.05, 3.63) is 51.4 Å². The Hall–Kier alpha value is -2.85. The number of pyridine rings is 1. The highest BCUT2D eigenvalue weighted by atomic mass is 35.5.